The SMILES string of the molecule is C=C1C(=O)O[C@@H]2/C=C(\C)CC[C@H]3OC3(C)CC/C=C(\C)CC[C@@H]12. The number of carbonyl (C=O) groups is 1. The molecule has 3 aliphatic rings. The van der Waals surface area contributed by atoms with E-state index in [1.165, 1.54) is 11.1 Å². The number of carbonyl (C=O) groups excluding carboxylic acids is 1. The van der Waals surface area contributed by atoms with Crippen LogP contribution >= 0.6 is 0 Å². The van der Waals surface area contributed by atoms with Crippen LogP contribution in [0.15, 0.2) is 35.5 Å². The van der Waals surface area contributed by atoms with Crippen molar-refractivity contribution in [1.82, 2.24) is 0 Å². The van der Waals surface area contributed by atoms with Gasteiger partial charge in [-0.15, -0.1) is 0 Å². The monoisotopic (exact) mass is 316 g/mol. The van der Waals surface area contributed by atoms with Crippen LogP contribution in [0.1, 0.15) is 59.3 Å². The van der Waals surface area contributed by atoms with Crippen molar-refractivity contribution in [2.45, 2.75) is 77.1 Å². The molecule has 0 saturated carbocycles. The molecule has 2 heterocycles. The van der Waals surface area contributed by atoms with E-state index >= 15 is 0 Å². The number of hydrogen-bond acceptors (Lipinski definition) is 3. The lowest BCUT2D eigenvalue weighted by molar-refractivity contribution is -0.137. The lowest BCUT2D eigenvalue weighted by Gasteiger charge is -2.16. The molecule has 2 fully saturated rings. The lowest BCUT2D eigenvalue weighted by Crippen LogP contribution is -2.15. The Balaban J connectivity index is 1.77. The van der Waals surface area contributed by atoms with Crippen LogP contribution in [0.3, 0.4) is 0 Å². The van der Waals surface area contributed by atoms with Crippen LogP contribution in [0.25, 0.3) is 0 Å². The highest BCUT2D eigenvalue weighted by atomic mass is 16.6. The molecule has 0 N–H and O–H groups in total. The summed E-state index contributed by atoms with van der Waals surface area (Å²) in [6.45, 7) is 10.5. The van der Waals surface area contributed by atoms with Gasteiger partial charge in [-0.05, 0) is 65.4 Å². The van der Waals surface area contributed by atoms with Crippen molar-refractivity contribution in [1.29, 1.82) is 0 Å². The van der Waals surface area contributed by atoms with Gasteiger partial charge in [0.2, 0.25) is 0 Å². The minimum Gasteiger partial charge on any atom is -0.454 e. The molecule has 126 valence electrons. The summed E-state index contributed by atoms with van der Waals surface area (Å²) < 4.78 is 11.5. The number of epoxide rings is 1. The first-order valence-electron chi connectivity index (χ1n) is 8.79. The Kier molecular flexibility index (Phi) is 4.50. The van der Waals surface area contributed by atoms with Crippen LogP contribution in [0, 0.1) is 5.92 Å². The zero-order valence-electron chi connectivity index (χ0n) is 14.6. The fourth-order valence-corrected chi connectivity index (χ4v) is 3.81. The maximum absolute atomic E-state index is 11.9. The largest absolute Gasteiger partial charge is 0.454 e. The molecule has 2 saturated heterocycles. The van der Waals surface area contributed by atoms with Gasteiger partial charge >= 0.3 is 5.97 Å². The van der Waals surface area contributed by atoms with E-state index in [0.29, 0.717) is 11.7 Å². The molecule has 3 rings (SSSR count). The Morgan fingerprint density at radius 1 is 1.22 bits per heavy atom. The van der Waals surface area contributed by atoms with Gasteiger partial charge in [-0.1, -0.05) is 23.8 Å². The topological polar surface area (TPSA) is 38.8 Å². The van der Waals surface area contributed by atoms with Crippen molar-refractivity contribution < 1.29 is 14.3 Å². The average molecular weight is 316 g/mol. The standard InChI is InChI=1S/C20H28O3/c1-13-6-5-11-20(4)18(23-20)10-8-14(2)12-17-16(9-7-13)15(3)19(21)22-17/h6,12,16-18H,3,5,7-11H2,1-2,4H3/b13-6+,14-12+/t16-,17+,18+,20?/m0/s1. The first kappa shape index (κ1) is 16.5. The summed E-state index contributed by atoms with van der Waals surface area (Å²) in [6.07, 6.45) is 10.8. The van der Waals surface area contributed by atoms with Crippen molar-refractivity contribution in [3.63, 3.8) is 0 Å². The van der Waals surface area contributed by atoms with Crippen molar-refractivity contribution >= 4 is 5.97 Å². The van der Waals surface area contributed by atoms with Crippen molar-refractivity contribution in [2.75, 3.05) is 0 Å². The van der Waals surface area contributed by atoms with E-state index in [2.05, 4.69) is 39.5 Å². The summed E-state index contributed by atoms with van der Waals surface area (Å²) in [5.41, 5.74) is 3.37. The first-order chi connectivity index (χ1) is 10.9. The number of fused-ring (bicyclic) bond motifs is 2. The van der Waals surface area contributed by atoms with E-state index < -0.39 is 0 Å². The molecule has 3 heteroatoms. The highest BCUT2D eigenvalue weighted by molar-refractivity contribution is 5.91. The molecule has 0 aromatic rings. The molecular formula is C20H28O3. The summed E-state index contributed by atoms with van der Waals surface area (Å²) in [7, 11) is 0. The Hall–Kier alpha value is -1.35. The maximum Gasteiger partial charge on any atom is 0.334 e. The second-order valence-corrected chi connectivity index (χ2v) is 7.60. The van der Waals surface area contributed by atoms with Gasteiger partial charge in [0.1, 0.15) is 6.10 Å². The Morgan fingerprint density at radius 3 is 2.74 bits per heavy atom. The van der Waals surface area contributed by atoms with E-state index in [0.717, 1.165) is 38.5 Å². The minimum atomic E-state index is -0.229. The van der Waals surface area contributed by atoms with Crippen LogP contribution in [0.5, 0.6) is 0 Å². The summed E-state index contributed by atoms with van der Waals surface area (Å²) in [5, 5.41) is 0. The fraction of sp³-hybridized carbons (Fsp3) is 0.650. The van der Waals surface area contributed by atoms with Gasteiger partial charge in [0.15, 0.2) is 0 Å². The van der Waals surface area contributed by atoms with E-state index in [4.69, 9.17) is 9.47 Å². The second-order valence-electron chi connectivity index (χ2n) is 7.60. The zero-order chi connectivity index (χ0) is 16.6. The number of allylic oxidation sites excluding steroid dienone is 3. The van der Waals surface area contributed by atoms with Gasteiger partial charge in [0.25, 0.3) is 0 Å². The minimum absolute atomic E-state index is 0.0673. The molecule has 0 bridgehead atoms. The zero-order valence-corrected chi connectivity index (χ0v) is 14.6. The molecule has 0 amide bonds. The van der Waals surface area contributed by atoms with Gasteiger partial charge in [-0.25, -0.2) is 4.79 Å². The van der Waals surface area contributed by atoms with Crippen molar-refractivity contribution in [2.24, 2.45) is 5.92 Å². The van der Waals surface area contributed by atoms with Crippen LogP contribution in [-0.2, 0) is 14.3 Å². The van der Waals surface area contributed by atoms with E-state index in [-0.39, 0.29) is 23.6 Å². The van der Waals surface area contributed by atoms with E-state index in [1.807, 2.05) is 0 Å². The van der Waals surface area contributed by atoms with Gasteiger partial charge in [-0.2, -0.15) is 0 Å². The predicted molar refractivity (Wildman–Crippen MR) is 91.0 cm³/mol. The summed E-state index contributed by atoms with van der Waals surface area (Å²) in [4.78, 5) is 11.9. The molecule has 0 aromatic heterocycles. The van der Waals surface area contributed by atoms with Crippen LogP contribution in [-0.4, -0.2) is 23.8 Å². The second kappa shape index (κ2) is 6.27. The molecule has 1 aliphatic carbocycles. The van der Waals surface area contributed by atoms with Crippen molar-refractivity contribution in [3.8, 4) is 0 Å². The molecular weight excluding hydrogens is 288 g/mol. The number of esters is 1. The average Bonchev–Trinajstić information content (AvgIpc) is 3.06. The third-order valence-electron chi connectivity index (χ3n) is 5.62. The molecule has 0 spiro atoms. The molecule has 1 unspecified atom stereocenters. The molecule has 23 heavy (non-hydrogen) atoms. The molecule has 3 nitrogen and oxygen atoms in total. The predicted octanol–water partition coefficient (Wildman–Crippen LogP) is 4.49. The smallest absolute Gasteiger partial charge is 0.334 e. The third-order valence-corrected chi connectivity index (χ3v) is 5.62. The number of hydrogen-bond donors (Lipinski definition) is 0. The fourth-order valence-electron chi connectivity index (χ4n) is 3.81. The van der Waals surface area contributed by atoms with Gasteiger partial charge in [0, 0.05) is 11.5 Å². The van der Waals surface area contributed by atoms with E-state index in [1.54, 1.807) is 0 Å². The van der Waals surface area contributed by atoms with Gasteiger partial charge < -0.3 is 9.47 Å². The first-order valence-corrected chi connectivity index (χ1v) is 8.79. The van der Waals surface area contributed by atoms with E-state index in [9.17, 15) is 4.79 Å². The van der Waals surface area contributed by atoms with Crippen molar-refractivity contribution in [3.05, 3.63) is 35.5 Å². The van der Waals surface area contributed by atoms with Gasteiger partial charge in [0.05, 0.1) is 11.7 Å². The Bertz CT molecular complexity index is 571. The summed E-state index contributed by atoms with van der Waals surface area (Å²) >= 11 is 0. The quantitative estimate of drug-likeness (QED) is 0.286. The lowest BCUT2D eigenvalue weighted by atomic mass is 9.88. The van der Waals surface area contributed by atoms with Gasteiger partial charge in [-0.3, -0.25) is 0 Å². The molecule has 4 atom stereocenters. The van der Waals surface area contributed by atoms with Crippen LogP contribution in [0.2, 0.25) is 0 Å². The number of rotatable bonds is 0. The highest BCUT2D eigenvalue weighted by Gasteiger charge is 2.50. The molecule has 0 radical (unpaired) electrons. The highest BCUT2D eigenvalue weighted by Crippen LogP contribution is 2.44. The molecule has 2 aliphatic heterocycles. The van der Waals surface area contributed by atoms with Crippen LogP contribution in [0.4, 0.5) is 0 Å². The Morgan fingerprint density at radius 2 is 1.96 bits per heavy atom. The maximum atomic E-state index is 11.9. The normalized spacial score (nSPS) is 43.2. The number of ether oxygens (including phenoxy) is 2. The summed E-state index contributed by atoms with van der Waals surface area (Å²) in [5.74, 6) is -0.112. The van der Waals surface area contributed by atoms with Crippen LogP contribution < -0.4 is 0 Å². The summed E-state index contributed by atoms with van der Waals surface area (Å²) in [6, 6.07) is 0. The molecule has 0 aromatic carbocycles. The third kappa shape index (κ3) is 3.60. The Labute approximate surface area is 139 Å².